The van der Waals surface area contributed by atoms with Crippen LogP contribution in [-0.4, -0.2) is 50.7 Å². The SMILES string of the molecule is Cc1ccc(C2=C(COP(=O)(COCCn3cnc4c(=O)[nH]c(N)nc43)OCc3cccc(Cl)c3)OC(O)O2)cc1. The molecule has 15 heteroatoms. The van der Waals surface area contributed by atoms with Gasteiger partial charge in [0.05, 0.1) is 19.5 Å². The van der Waals surface area contributed by atoms with Crippen LogP contribution in [0.25, 0.3) is 16.9 Å². The normalized spacial score (nSPS) is 16.5. The monoisotopic (exact) mass is 603 g/mol. The van der Waals surface area contributed by atoms with Crippen molar-refractivity contribution in [2.24, 2.45) is 0 Å². The zero-order chi connectivity index (χ0) is 29.0. The number of anilines is 1. The quantitative estimate of drug-likeness (QED) is 0.159. The molecule has 0 amide bonds. The predicted molar refractivity (Wildman–Crippen MR) is 149 cm³/mol. The second-order valence-electron chi connectivity index (χ2n) is 9.05. The van der Waals surface area contributed by atoms with Crippen LogP contribution in [0.4, 0.5) is 5.95 Å². The van der Waals surface area contributed by atoms with E-state index in [-0.39, 0.29) is 49.3 Å². The summed E-state index contributed by atoms with van der Waals surface area (Å²) in [6.07, 6.45) is 1.02. The molecule has 4 aromatic rings. The molecule has 0 fully saturated rings. The van der Waals surface area contributed by atoms with Gasteiger partial charge in [0, 0.05) is 17.1 Å². The van der Waals surface area contributed by atoms with Gasteiger partial charge in [-0.05, 0) is 24.6 Å². The number of ether oxygens (including phenoxy) is 3. The Balaban J connectivity index is 1.28. The first-order valence-electron chi connectivity index (χ1n) is 12.4. The molecular formula is C26H27ClN5O8P. The average molecular weight is 604 g/mol. The Morgan fingerprint density at radius 3 is 2.73 bits per heavy atom. The van der Waals surface area contributed by atoms with E-state index in [2.05, 4.69) is 15.0 Å². The predicted octanol–water partition coefficient (Wildman–Crippen LogP) is 3.76. The van der Waals surface area contributed by atoms with Crippen LogP contribution in [-0.2, 0) is 41.0 Å². The standard InChI is InChI=1S/C26H27ClN5O8P/c1-16-5-7-18(8-6-16)22-20(39-26(34)40-22)13-38-41(35,37-12-17-3-2-4-19(27)11-17)15-36-10-9-32-14-29-21-23(32)30-25(28)31-24(21)33/h2-8,11,14,26,34H,9-10,12-13,15H2,1H3,(H3,28,30,31,33). The van der Waals surface area contributed by atoms with E-state index in [0.29, 0.717) is 21.8 Å². The number of imidazole rings is 1. The summed E-state index contributed by atoms with van der Waals surface area (Å²) >= 11 is 6.07. The molecule has 3 heterocycles. The minimum Gasteiger partial charge on any atom is -0.430 e. The van der Waals surface area contributed by atoms with Crippen molar-refractivity contribution in [3.63, 3.8) is 0 Å². The van der Waals surface area contributed by atoms with E-state index in [9.17, 15) is 14.5 Å². The van der Waals surface area contributed by atoms with Crippen LogP contribution >= 0.6 is 19.2 Å². The third kappa shape index (κ3) is 7.14. The van der Waals surface area contributed by atoms with Crippen LogP contribution in [0.15, 0.2) is 65.4 Å². The zero-order valence-corrected chi connectivity index (χ0v) is 23.5. The molecule has 1 aliphatic rings. The average Bonchev–Trinajstić information content (AvgIpc) is 3.52. The zero-order valence-electron chi connectivity index (χ0n) is 21.9. The minimum atomic E-state index is -3.90. The van der Waals surface area contributed by atoms with Crippen molar-refractivity contribution in [3.8, 4) is 0 Å². The first kappa shape index (κ1) is 28.8. The number of H-pyrrole nitrogens is 1. The fourth-order valence-corrected chi connectivity index (χ4v) is 5.39. The minimum absolute atomic E-state index is 0.0416. The fraction of sp³-hybridized carbons (Fsp3) is 0.269. The number of benzene rings is 2. The molecule has 2 aromatic carbocycles. The number of nitrogens with two attached hydrogens (primary N) is 1. The first-order chi connectivity index (χ1) is 19.7. The smallest absolute Gasteiger partial charge is 0.358 e. The summed E-state index contributed by atoms with van der Waals surface area (Å²) in [6.45, 7) is 0.304. The number of aliphatic hydroxyl groups is 1. The van der Waals surface area contributed by atoms with Crippen LogP contribution in [0.1, 0.15) is 16.7 Å². The maximum absolute atomic E-state index is 13.8. The molecule has 5 rings (SSSR count). The van der Waals surface area contributed by atoms with Crippen molar-refractivity contribution in [1.29, 1.82) is 0 Å². The molecule has 2 atom stereocenters. The third-order valence-electron chi connectivity index (χ3n) is 5.96. The molecule has 0 bridgehead atoms. The van der Waals surface area contributed by atoms with E-state index in [0.717, 1.165) is 5.56 Å². The molecule has 216 valence electrons. The van der Waals surface area contributed by atoms with Gasteiger partial charge in [-0.25, -0.2) is 4.98 Å². The van der Waals surface area contributed by atoms with Crippen LogP contribution < -0.4 is 11.3 Å². The van der Waals surface area contributed by atoms with Gasteiger partial charge in [0.2, 0.25) is 5.95 Å². The van der Waals surface area contributed by atoms with Gasteiger partial charge in [-0.3, -0.25) is 18.9 Å². The number of hydrogen-bond acceptors (Lipinski definition) is 11. The van der Waals surface area contributed by atoms with Crippen LogP contribution in [0.2, 0.25) is 5.02 Å². The second-order valence-corrected chi connectivity index (χ2v) is 11.5. The number of aromatic amines is 1. The number of nitrogens with one attached hydrogen (secondary N) is 1. The van der Waals surface area contributed by atoms with E-state index in [4.69, 9.17) is 40.6 Å². The van der Waals surface area contributed by atoms with Crippen molar-refractivity contribution in [3.05, 3.63) is 92.7 Å². The van der Waals surface area contributed by atoms with Crippen molar-refractivity contribution in [2.45, 2.75) is 26.6 Å². The second kappa shape index (κ2) is 12.4. The van der Waals surface area contributed by atoms with Gasteiger partial charge in [0.1, 0.15) is 13.0 Å². The van der Waals surface area contributed by atoms with Gasteiger partial charge in [-0.15, -0.1) is 0 Å². The maximum atomic E-state index is 13.8. The van der Waals surface area contributed by atoms with Crippen molar-refractivity contribution >= 4 is 42.1 Å². The Labute approximate surface area is 239 Å². The maximum Gasteiger partial charge on any atom is 0.358 e. The van der Waals surface area contributed by atoms with Gasteiger partial charge in [0.25, 0.3) is 5.56 Å². The number of aliphatic hydroxyl groups excluding tert-OH is 1. The number of rotatable bonds is 12. The van der Waals surface area contributed by atoms with E-state index >= 15 is 0 Å². The first-order valence-corrected chi connectivity index (χ1v) is 14.5. The number of aryl methyl sites for hydroxylation is 1. The summed E-state index contributed by atoms with van der Waals surface area (Å²) in [5.74, 6) is 0.361. The number of halogens is 1. The Hall–Kier alpha value is -3.71. The molecule has 0 aliphatic carbocycles. The van der Waals surface area contributed by atoms with Crippen molar-refractivity contribution < 1.29 is 32.9 Å². The summed E-state index contributed by atoms with van der Waals surface area (Å²) in [7, 11) is -3.90. The highest BCUT2D eigenvalue weighted by Gasteiger charge is 2.32. The Bertz CT molecular complexity index is 1670. The lowest BCUT2D eigenvalue weighted by molar-refractivity contribution is -0.185. The number of aromatic nitrogens is 4. The lowest BCUT2D eigenvalue weighted by Crippen LogP contribution is -2.14. The van der Waals surface area contributed by atoms with Crippen molar-refractivity contribution in [2.75, 3.05) is 25.3 Å². The summed E-state index contributed by atoms with van der Waals surface area (Å²) in [5.41, 5.74) is 7.98. The summed E-state index contributed by atoms with van der Waals surface area (Å²) < 4.78 is 43.3. The number of fused-ring (bicyclic) bond motifs is 1. The Morgan fingerprint density at radius 2 is 1.95 bits per heavy atom. The highest BCUT2D eigenvalue weighted by Crippen LogP contribution is 2.50. The van der Waals surface area contributed by atoms with E-state index in [1.807, 2.05) is 19.1 Å². The van der Waals surface area contributed by atoms with Gasteiger partial charge in [0.15, 0.2) is 22.7 Å². The van der Waals surface area contributed by atoms with Crippen LogP contribution in [0.5, 0.6) is 0 Å². The molecule has 0 spiro atoms. The van der Waals surface area contributed by atoms with E-state index in [1.54, 1.807) is 41.0 Å². The lowest BCUT2D eigenvalue weighted by Gasteiger charge is -2.19. The third-order valence-corrected chi connectivity index (χ3v) is 7.74. The van der Waals surface area contributed by atoms with Gasteiger partial charge < -0.3 is 34.1 Å². The van der Waals surface area contributed by atoms with Crippen LogP contribution in [0, 0.1) is 6.92 Å². The lowest BCUT2D eigenvalue weighted by atomic mass is 10.1. The summed E-state index contributed by atoms with van der Waals surface area (Å²) in [5, 5.41) is 10.4. The molecule has 0 saturated carbocycles. The summed E-state index contributed by atoms with van der Waals surface area (Å²) in [4.78, 5) is 22.6. The highest BCUT2D eigenvalue weighted by molar-refractivity contribution is 7.53. The summed E-state index contributed by atoms with van der Waals surface area (Å²) in [6, 6.07) is 14.3. The van der Waals surface area contributed by atoms with Crippen LogP contribution in [0.3, 0.4) is 0 Å². The van der Waals surface area contributed by atoms with Crippen molar-refractivity contribution in [1.82, 2.24) is 19.5 Å². The Kier molecular flexibility index (Phi) is 8.74. The molecule has 2 aromatic heterocycles. The molecule has 13 nitrogen and oxygen atoms in total. The van der Waals surface area contributed by atoms with Gasteiger partial charge >= 0.3 is 14.1 Å². The molecule has 2 unspecified atom stereocenters. The molecule has 4 N–H and O–H groups in total. The molecule has 1 aliphatic heterocycles. The van der Waals surface area contributed by atoms with E-state index in [1.165, 1.54) is 6.33 Å². The highest BCUT2D eigenvalue weighted by atomic mass is 35.5. The largest absolute Gasteiger partial charge is 0.430 e. The van der Waals surface area contributed by atoms with E-state index < -0.39 is 26.0 Å². The number of nitrogen functional groups attached to an aromatic ring is 1. The molecule has 41 heavy (non-hydrogen) atoms. The Morgan fingerprint density at radius 1 is 1.17 bits per heavy atom. The number of hydrogen-bond donors (Lipinski definition) is 3. The number of nitrogens with zero attached hydrogens (tertiary/aromatic N) is 3. The molecule has 0 saturated heterocycles. The van der Waals surface area contributed by atoms with Gasteiger partial charge in [-0.2, -0.15) is 4.98 Å². The molecule has 0 radical (unpaired) electrons. The van der Waals surface area contributed by atoms with Gasteiger partial charge in [-0.1, -0.05) is 53.6 Å². The topological polar surface area (TPSA) is 173 Å². The fourth-order valence-electron chi connectivity index (χ4n) is 3.94. The molecular weight excluding hydrogens is 577 g/mol.